The zero-order valence-corrected chi connectivity index (χ0v) is 13.2. The molecule has 1 aliphatic rings. The van der Waals surface area contributed by atoms with Gasteiger partial charge in [0.05, 0.1) is 5.69 Å². The highest BCUT2D eigenvalue weighted by Crippen LogP contribution is 2.21. The van der Waals surface area contributed by atoms with Gasteiger partial charge in [-0.15, -0.1) is 0 Å². The summed E-state index contributed by atoms with van der Waals surface area (Å²) in [5.41, 5.74) is 2.83. The Morgan fingerprint density at radius 3 is 2.62 bits per heavy atom. The van der Waals surface area contributed by atoms with E-state index in [0.717, 1.165) is 32.4 Å². The molecule has 1 saturated heterocycles. The van der Waals surface area contributed by atoms with Crippen LogP contribution in [0.15, 0.2) is 29.2 Å². The van der Waals surface area contributed by atoms with Gasteiger partial charge in [-0.1, -0.05) is 12.1 Å². The van der Waals surface area contributed by atoms with E-state index in [0.29, 0.717) is 18.2 Å². The van der Waals surface area contributed by atoms with Crippen molar-refractivity contribution in [3.63, 3.8) is 0 Å². The Hall–Kier alpha value is -1.15. The molecule has 4 N–H and O–H groups in total. The summed E-state index contributed by atoms with van der Waals surface area (Å²) in [5, 5.41) is 0. The molecule has 0 aliphatic carbocycles. The third-order valence-corrected chi connectivity index (χ3v) is 5.53. The van der Waals surface area contributed by atoms with Crippen LogP contribution in [0, 0.1) is 5.92 Å². The van der Waals surface area contributed by atoms with Crippen molar-refractivity contribution in [2.75, 3.05) is 32.1 Å². The lowest BCUT2D eigenvalue weighted by atomic mass is 9.94. The molecular formula is C14H24N4O2S. The Morgan fingerprint density at radius 1 is 1.29 bits per heavy atom. The Balaban J connectivity index is 1.89. The minimum Gasteiger partial charge on any atom is -0.323 e. The van der Waals surface area contributed by atoms with Crippen LogP contribution in [0.3, 0.4) is 0 Å². The molecule has 118 valence electrons. The fourth-order valence-electron chi connectivity index (χ4n) is 2.65. The van der Waals surface area contributed by atoms with Crippen molar-refractivity contribution in [1.29, 1.82) is 0 Å². The van der Waals surface area contributed by atoms with Crippen LogP contribution in [0.2, 0.25) is 0 Å². The molecule has 6 nitrogen and oxygen atoms in total. The average molecular weight is 312 g/mol. The van der Waals surface area contributed by atoms with Crippen molar-refractivity contribution in [2.24, 2.45) is 11.8 Å². The second-order valence-corrected chi connectivity index (χ2v) is 7.31. The molecule has 7 heteroatoms. The number of nitrogens with two attached hydrogens (primary N) is 1. The summed E-state index contributed by atoms with van der Waals surface area (Å²) in [7, 11) is -1.40. The summed E-state index contributed by atoms with van der Waals surface area (Å²) in [6, 6.07) is 6.62. The maximum atomic E-state index is 12.3. The van der Waals surface area contributed by atoms with Crippen LogP contribution in [-0.4, -0.2) is 40.0 Å². The standard InChI is InChI=1S/C14H24N4O2S/c1-18-10-7-12(8-11-18)6-9-16-21(19,20)14-5-3-2-4-13(14)17-15/h2-5,12,16-17H,6-11,15H2,1H3. The molecule has 0 saturated carbocycles. The third-order valence-electron chi connectivity index (χ3n) is 4.01. The summed E-state index contributed by atoms with van der Waals surface area (Å²) >= 11 is 0. The molecule has 2 rings (SSSR count). The molecule has 0 unspecified atom stereocenters. The van der Waals surface area contributed by atoms with Crippen LogP contribution < -0.4 is 16.0 Å². The van der Waals surface area contributed by atoms with Gasteiger partial charge in [-0.25, -0.2) is 13.1 Å². The summed E-state index contributed by atoms with van der Waals surface area (Å²) in [6.07, 6.45) is 3.16. The number of likely N-dealkylation sites (tertiary alicyclic amines) is 1. The van der Waals surface area contributed by atoms with Gasteiger partial charge in [-0.3, -0.25) is 5.84 Å². The van der Waals surface area contributed by atoms with Gasteiger partial charge < -0.3 is 10.3 Å². The second kappa shape index (κ2) is 7.22. The average Bonchev–Trinajstić information content (AvgIpc) is 2.49. The predicted octanol–water partition coefficient (Wildman–Crippen LogP) is 0.982. The van der Waals surface area contributed by atoms with E-state index < -0.39 is 10.0 Å². The molecule has 0 radical (unpaired) electrons. The van der Waals surface area contributed by atoms with E-state index in [4.69, 9.17) is 5.84 Å². The highest BCUT2D eigenvalue weighted by atomic mass is 32.2. The lowest BCUT2D eigenvalue weighted by molar-refractivity contribution is 0.213. The maximum Gasteiger partial charge on any atom is 0.242 e. The van der Waals surface area contributed by atoms with E-state index in [2.05, 4.69) is 22.1 Å². The fraction of sp³-hybridized carbons (Fsp3) is 0.571. The largest absolute Gasteiger partial charge is 0.323 e. The monoisotopic (exact) mass is 312 g/mol. The van der Waals surface area contributed by atoms with Gasteiger partial charge in [0, 0.05) is 6.54 Å². The Morgan fingerprint density at radius 2 is 1.95 bits per heavy atom. The quantitative estimate of drug-likeness (QED) is 0.538. The number of piperidine rings is 1. The molecule has 1 heterocycles. The molecule has 1 fully saturated rings. The zero-order valence-electron chi connectivity index (χ0n) is 12.4. The molecule has 1 aliphatic heterocycles. The number of benzene rings is 1. The minimum atomic E-state index is -3.52. The highest BCUT2D eigenvalue weighted by molar-refractivity contribution is 7.89. The first-order valence-electron chi connectivity index (χ1n) is 7.27. The normalized spacial score (nSPS) is 17.8. The number of hydrogen-bond donors (Lipinski definition) is 3. The number of rotatable bonds is 6. The second-order valence-electron chi connectivity index (χ2n) is 5.57. The van der Waals surface area contributed by atoms with Crippen molar-refractivity contribution >= 4 is 15.7 Å². The van der Waals surface area contributed by atoms with Crippen LogP contribution in [0.25, 0.3) is 0 Å². The van der Waals surface area contributed by atoms with Gasteiger partial charge in [0.25, 0.3) is 0 Å². The first-order valence-corrected chi connectivity index (χ1v) is 8.75. The van der Waals surface area contributed by atoms with Gasteiger partial charge in [0.15, 0.2) is 0 Å². The number of hydrazine groups is 1. The molecule has 0 aromatic heterocycles. The molecule has 21 heavy (non-hydrogen) atoms. The lowest BCUT2D eigenvalue weighted by Gasteiger charge is -2.28. The van der Waals surface area contributed by atoms with E-state index in [-0.39, 0.29) is 4.90 Å². The first kappa shape index (κ1) is 16.2. The Kier molecular flexibility index (Phi) is 5.58. The SMILES string of the molecule is CN1CCC(CCNS(=O)(=O)c2ccccc2NN)CC1. The Bertz CT molecular complexity index is 554. The van der Waals surface area contributed by atoms with Gasteiger partial charge >= 0.3 is 0 Å². The smallest absolute Gasteiger partial charge is 0.242 e. The van der Waals surface area contributed by atoms with Crippen LogP contribution in [0.4, 0.5) is 5.69 Å². The zero-order chi connectivity index (χ0) is 15.3. The molecule has 1 aromatic carbocycles. The fourth-order valence-corrected chi connectivity index (χ4v) is 3.86. The number of nitrogen functional groups attached to an aromatic ring is 1. The van der Waals surface area contributed by atoms with Gasteiger partial charge in [-0.05, 0) is 57.5 Å². The molecule has 1 aromatic rings. The van der Waals surface area contributed by atoms with E-state index in [1.165, 1.54) is 0 Å². The van der Waals surface area contributed by atoms with Crippen molar-refractivity contribution in [3.8, 4) is 0 Å². The molecule has 0 bridgehead atoms. The van der Waals surface area contributed by atoms with E-state index in [1.54, 1.807) is 24.3 Å². The molecule has 0 amide bonds. The summed E-state index contributed by atoms with van der Waals surface area (Å²) in [4.78, 5) is 2.50. The van der Waals surface area contributed by atoms with Gasteiger partial charge in [-0.2, -0.15) is 0 Å². The van der Waals surface area contributed by atoms with Gasteiger partial charge in [0.1, 0.15) is 4.90 Å². The summed E-state index contributed by atoms with van der Waals surface area (Å²) in [5.74, 6) is 5.96. The maximum absolute atomic E-state index is 12.3. The number of sulfonamides is 1. The Labute approximate surface area is 126 Å². The molecular weight excluding hydrogens is 288 g/mol. The first-order chi connectivity index (χ1) is 10.0. The van der Waals surface area contributed by atoms with Crippen LogP contribution in [0.5, 0.6) is 0 Å². The van der Waals surface area contributed by atoms with Crippen molar-refractivity contribution in [3.05, 3.63) is 24.3 Å². The molecule has 0 spiro atoms. The van der Waals surface area contributed by atoms with E-state index >= 15 is 0 Å². The van der Waals surface area contributed by atoms with Crippen molar-refractivity contribution < 1.29 is 8.42 Å². The van der Waals surface area contributed by atoms with Crippen LogP contribution in [0.1, 0.15) is 19.3 Å². The number of hydrogen-bond acceptors (Lipinski definition) is 5. The van der Waals surface area contributed by atoms with E-state index in [9.17, 15) is 8.42 Å². The van der Waals surface area contributed by atoms with Crippen LogP contribution >= 0.6 is 0 Å². The van der Waals surface area contributed by atoms with E-state index in [1.807, 2.05) is 0 Å². The van der Waals surface area contributed by atoms with Crippen LogP contribution in [-0.2, 0) is 10.0 Å². The highest BCUT2D eigenvalue weighted by Gasteiger charge is 2.20. The predicted molar refractivity (Wildman–Crippen MR) is 84.3 cm³/mol. The minimum absolute atomic E-state index is 0.191. The topological polar surface area (TPSA) is 87.5 Å². The summed E-state index contributed by atoms with van der Waals surface area (Å²) in [6.45, 7) is 2.66. The lowest BCUT2D eigenvalue weighted by Crippen LogP contribution is -2.33. The number of nitrogens with zero attached hydrogens (tertiary/aromatic N) is 1. The number of nitrogens with one attached hydrogen (secondary N) is 2. The number of para-hydroxylation sites is 1. The van der Waals surface area contributed by atoms with Crippen molar-refractivity contribution in [1.82, 2.24) is 9.62 Å². The molecule has 0 atom stereocenters. The van der Waals surface area contributed by atoms with Crippen molar-refractivity contribution in [2.45, 2.75) is 24.2 Å². The number of anilines is 1. The third kappa shape index (κ3) is 4.41. The summed E-state index contributed by atoms with van der Waals surface area (Å²) < 4.78 is 27.3. The van der Waals surface area contributed by atoms with Gasteiger partial charge in [0.2, 0.25) is 10.0 Å².